The molecule has 0 aromatic carbocycles. The Morgan fingerprint density at radius 3 is 2.63 bits per heavy atom. The summed E-state index contributed by atoms with van der Waals surface area (Å²) < 4.78 is 31.5. The van der Waals surface area contributed by atoms with Gasteiger partial charge in [0, 0.05) is 20.3 Å². The number of unbranched alkanes of at least 4 members (excludes halogenated alkanes) is 3. The van der Waals surface area contributed by atoms with Gasteiger partial charge < -0.3 is 4.74 Å². The topological polar surface area (TPSA) is 55.4 Å². The van der Waals surface area contributed by atoms with E-state index in [0.717, 1.165) is 44.9 Å². The quantitative estimate of drug-likeness (QED) is 0.443. The average Bonchev–Trinajstić information content (AvgIpc) is 3.15. The van der Waals surface area contributed by atoms with Crippen LogP contribution < -0.4 is 4.72 Å². The summed E-state index contributed by atoms with van der Waals surface area (Å²) in [6.45, 7) is 4.94. The largest absolute Gasteiger partial charge is 0.385 e. The summed E-state index contributed by atoms with van der Waals surface area (Å²) >= 11 is 0. The lowest BCUT2D eigenvalue weighted by atomic mass is 10.0. The molecule has 0 aromatic heterocycles. The Bertz CT molecular complexity index is 361. The molecule has 0 aromatic rings. The highest BCUT2D eigenvalue weighted by atomic mass is 32.2. The molecular weight excluding hydrogens is 262 g/mol. The molecule has 1 fully saturated rings. The minimum atomic E-state index is -3.10. The molecule has 0 saturated heterocycles. The zero-order valence-electron chi connectivity index (χ0n) is 12.0. The first-order chi connectivity index (χ1) is 9.04. The summed E-state index contributed by atoms with van der Waals surface area (Å²) in [5.41, 5.74) is 0.173. The molecule has 0 unspecified atom stereocenters. The molecule has 1 saturated carbocycles. The van der Waals surface area contributed by atoms with Gasteiger partial charge in [-0.3, -0.25) is 0 Å². The normalized spacial score (nSPS) is 17.3. The summed E-state index contributed by atoms with van der Waals surface area (Å²) in [6, 6.07) is 0. The van der Waals surface area contributed by atoms with E-state index in [2.05, 4.69) is 11.3 Å². The molecule has 0 bridgehead atoms. The first-order valence-corrected chi connectivity index (χ1v) is 8.76. The fourth-order valence-corrected chi connectivity index (χ4v) is 3.36. The zero-order chi connectivity index (χ0) is 14.2. The van der Waals surface area contributed by atoms with E-state index >= 15 is 0 Å². The minimum absolute atomic E-state index is 0.173. The van der Waals surface area contributed by atoms with Crippen molar-refractivity contribution in [2.75, 3.05) is 26.0 Å². The molecule has 0 atom stereocenters. The van der Waals surface area contributed by atoms with Crippen LogP contribution in [0.4, 0.5) is 0 Å². The molecule has 0 aliphatic heterocycles. The summed E-state index contributed by atoms with van der Waals surface area (Å²) in [6.07, 6.45) is 8.71. The van der Waals surface area contributed by atoms with Gasteiger partial charge in [0.2, 0.25) is 10.0 Å². The van der Waals surface area contributed by atoms with Crippen LogP contribution in [-0.2, 0) is 14.8 Å². The lowest BCUT2D eigenvalue weighted by Crippen LogP contribution is -2.32. The number of methoxy groups -OCH3 is 1. The van der Waals surface area contributed by atoms with Gasteiger partial charge in [0.05, 0.1) is 5.75 Å². The lowest BCUT2D eigenvalue weighted by molar-refractivity contribution is 0.173. The molecule has 4 nitrogen and oxygen atoms in total. The van der Waals surface area contributed by atoms with Crippen molar-refractivity contribution < 1.29 is 13.2 Å². The zero-order valence-corrected chi connectivity index (χ0v) is 12.8. The molecule has 1 rings (SSSR count). The highest BCUT2D eigenvalue weighted by Gasteiger charge is 2.42. The van der Waals surface area contributed by atoms with Gasteiger partial charge in [0.25, 0.3) is 0 Å². The Hall–Kier alpha value is -0.390. The Balaban J connectivity index is 2.18. The van der Waals surface area contributed by atoms with Crippen LogP contribution in [0.15, 0.2) is 12.7 Å². The highest BCUT2D eigenvalue weighted by molar-refractivity contribution is 7.89. The number of rotatable bonds is 12. The molecular formula is C14H27NO3S. The lowest BCUT2D eigenvalue weighted by Gasteiger charge is -2.15. The monoisotopic (exact) mass is 289 g/mol. The van der Waals surface area contributed by atoms with Crippen LogP contribution in [0, 0.1) is 5.41 Å². The van der Waals surface area contributed by atoms with Crippen LogP contribution >= 0.6 is 0 Å². The van der Waals surface area contributed by atoms with Gasteiger partial charge >= 0.3 is 0 Å². The number of nitrogens with one attached hydrogen (secondary N) is 1. The number of allylic oxidation sites excluding steroid dienone is 1. The Kier molecular flexibility index (Phi) is 7.04. The van der Waals surface area contributed by atoms with Crippen molar-refractivity contribution in [3.8, 4) is 0 Å². The molecule has 0 heterocycles. The molecule has 0 radical (unpaired) electrons. The molecule has 0 amide bonds. The highest BCUT2D eigenvalue weighted by Crippen LogP contribution is 2.48. The molecule has 1 aliphatic carbocycles. The third-order valence-corrected chi connectivity index (χ3v) is 5.19. The maximum atomic E-state index is 11.8. The second-order valence-electron chi connectivity index (χ2n) is 5.52. The first kappa shape index (κ1) is 16.7. The molecule has 0 spiro atoms. The number of hydrogen-bond acceptors (Lipinski definition) is 3. The molecule has 19 heavy (non-hydrogen) atoms. The van der Waals surface area contributed by atoms with E-state index in [-0.39, 0.29) is 11.2 Å². The van der Waals surface area contributed by atoms with Crippen LogP contribution in [0.25, 0.3) is 0 Å². The number of ether oxygens (including phenoxy) is 1. The van der Waals surface area contributed by atoms with Gasteiger partial charge in [-0.25, -0.2) is 13.1 Å². The second-order valence-corrected chi connectivity index (χ2v) is 7.45. The summed E-state index contributed by atoms with van der Waals surface area (Å²) in [4.78, 5) is 0. The van der Waals surface area contributed by atoms with E-state index < -0.39 is 10.0 Å². The fraction of sp³-hybridized carbons (Fsp3) is 0.857. The van der Waals surface area contributed by atoms with Crippen molar-refractivity contribution in [2.24, 2.45) is 5.41 Å². The van der Waals surface area contributed by atoms with Crippen LogP contribution in [0.1, 0.15) is 44.9 Å². The summed E-state index contributed by atoms with van der Waals surface area (Å²) in [5, 5.41) is 0. The Morgan fingerprint density at radius 1 is 1.32 bits per heavy atom. The van der Waals surface area contributed by atoms with Gasteiger partial charge in [-0.1, -0.05) is 12.5 Å². The van der Waals surface area contributed by atoms with Crippen molar-refractivity contribution in [3.05, 3.63) is 12.7 Å². The van der Waals surface area contributed by atoms with Crippen LogP contribution in [0.2, 0.25) is 0 Å². The third kappa shape index (κ3) is 7.09. The summed E-state index contributed by atoms with van der Waals surface area (Å²) in [7, 11) is -1.42. The van der Waals surface area contributed by atoms with E-state index in [4.69, 9.17) is 4.74 Å². The molecule has 5 heteroatoms. The Morgan fingerprint density at radius 2 is 2.05 bits per heavy atom. The maximum Gasteiger partial charge on any atom is 0.211 e. The van der Waals surface area contributed by atoms with Crippen molar-refractivity contribution in [2.45, 2.75) is 44.9 Å². The van der Waals surface area contributed by atoms with E-state index in [9.17, 15) is 8.42 Å². The maximum absolute atomic E-state index is 11.8. The third-order valence-electron chi connectivity index (χ3n) is 3.78. The SMILES string of the molecule is C=CCCCCCS(=O)(=O)NCC1(CCOC)CC1. The van der Waals surface area contributed by atoms with Crippen LogP contribution in [0.3, 0.4) is 0 Å². The second kappa shape index (κ2) is 8.02. The fourth-order valence-electron chi connectivity index (χ4n) is 2.10. The Labute approximate surface area is 117 Å². The van der Waals surface area contributed by atoms with Crippen LogP contribution in [-0.4, -0.2) is 34.4 Å². The van der Waals surface area contributed by atoms with E-state index in [0.29, 0.717) is 13.2 Å². The predicted molar refractivity (Wildman–Crippen MR) is 78.6 cm³/mol. The molecule has 112 valence electrons. The van der Waals surface area contributed by atoms with Gasteiger partial charge in [0.15, 0.2) is 0 Å². The van der Waals surface area contributed by atoms with Crippen molar-refractivity contribution >= 4 is 10.0 Å². The minimum Gasteiger partial charge on any atom is -0.385 e. The van der Waals surface area contributed by atoms with E-state index in [1.54, 1.807) is 7.11 Å². The number of hydrogen-bond donors (Lipinski definition) is 1. The van der Waals surface area contributed by atoms with E-state index in [1.165, 1.54) is 0 Å². The predicted octanol–water partition coefficient (Wildman–Crippen LogP) is 2.47. The van der Waals surface area contributed by atoms with Crippen molar-refractivity contribution in [1.82, 2.24) is 4.72 Å². The standard InChI is InChI=1S/C14H27NO3S/c1-3-4-5-6-7-12-19(16,17)15-13-14(8-9-14)10-11-18-2/h3,15H,1,4-13H2,2H3. The van der Waals surface area contributed by atoms with Gasteiger partial charge in [0.1, 0.15) is 0 Å². The van der Waals surface area contributed by atoms with Crippen LogP contribution in [0.5, 0.6) is 0 Å². The van der Waals surface area contributed by atoms with Gasteiger partial charge in [-0.15, -0.1) is 6.58 Å². The van der Waals surface area contributed by atoms with Gasteiger partial charge in [-0.05, 0) is 43.9 Å². The van der Waals surface area contributed by atoms with Gasteiger partial charge in [-0.2, -0.15) is 0 Å². The van der Waals surface area contributed by atoms with Crippen molar-refractivity contribution in [1.29, 1.82) is 0 Å². The first-order valence-electron chi connectivity index (χ1n) is 7.11. The number of sulfonamides is 1. The molecule has 1 aliphatic rings. The van der Waals surface area contributed by atoms with Crippen molar-refractivity contribution in [3.63, 3.8) is 0 Å². The van der Waals surface area contributed by atoms with E-state index in [1.807, 2.05) is 6.08 Å². The average molecular weight is 289 g/mol. The molecule has 1 N–H and O–H groups in total. The smallest absolute Gasteiger partial charge is 0.211 e. The summed E-state index contributed by atoms with van der Waals surface area (Å²) in [5.74, 6) is 0.241.